The number of carbonyl (C=O) groups is 1. The summed E-state index contributed by atoms with van der Waals surface area (Å²) < 4.78 is 0. The van der Waals surface area contributed by atoms with Gasteiger partial charge in [0.25, 0.3) is 0 Å². The molecule has 0 saturated heterocycles. The molecule has 0 radical (unpaired) electrons. The van der Waals surface area contributed by atoms with Crippen molar-refractivity contribution in [2.24, 2.45) is 0 Å². The molecule has 0 amide bonds. The van der Waals surface area contributed by atoms with Crippen LogP contribution in [0.2, 0.25) is 5.02 Å². The highest BCUT2D eigenvalue weighted by atomic mass is 35.5. The molecule has 0 unspecified atom stereocenters. The first-order valence-electron chi connectivity index (χ1n) is 6.27. The van der Waals surface area contributed by atoms with Crippen molar-refractivity contribution in [2.45, 2.75) is 26.2 Å². The van der Waals surface area contributed by atoms with Gasteiger partial charge in [-0.15, -0.1) is 0 Å². The molecule has 0 aliphatic carbocycles. The highest BCUT2D eigenvalue weighted by Gasteiger charge is 2.13. The van der Waals surface area contributed by atoms with E-state index in [1.807, 2.05) is 12.1 Å². The molecule has 2 aromatic carbocycles. The van der Waals surface area contributed by atoms with E-state index in [0.717, 1.165) is 17.4 Å². The lowest BCUT2D eigenvalue weighted by atomic mass is 9.86. The van der Waals surface area contributed by atoms with E-state index >= 15 is 0 Å². The largest absolute Gasteiger partial charge is 0.298 e. The quantitative estimate of drug-likeness (QED) is 0.694. The Bertz CT molecular complexity index is 592. The zero-order valence-electron chi connectivity index (χ0n) is 11.4. The fourth-order valence-corrected chi connectivity index (χ4v) is 2.25. The number of halogens is 1. The van der Waals surface area contributed by atoms with Gasteiger partial charge in [-0.1, -0.05) is 56.6 Å². The van der Waals surface area contributed by atoms with Gasteiger partial charge in [-0.05, 0) is 40.3 Å². The normalized spacial score (nSPS) is 11.4. The Morgan fingerprint density at radius 1 is 0.947 bits per heavy atom. The van der Waals surface area contributed by atoms with Crippen molar-refractivity contribution in [3.05, 3.63) is 58.6 Å². The van der Waals surface area contributed by atoms with E-state index in [4.69, 9.17) is 11.6 Å². The monoisotopic (exact) mass is 272 g/mol. The molecule has 2 heteroatoms. The maximum absolute atomic E-state index is 10.9. The second-order valence-electron chi connectivity index (χ2n) is 5.72. The molecule has 19 heavy (non-hydrogen) atoms. The van der Waals surface area contributed by atoms with Gasteiger partial charge < -0.3 is 0 Å². The van der Waals surface area contributed by atoms with Crippen LogP contribution in [0.25, 0.3) is 11.1 Å². The molecule has 2 aromatic rings. The van der Waals surface area contributed by atoms with E-state index in [1.165, 1.54) is 5.56 Å². The van der Waals surface area contributed by atoms with Crippen molar-refractivity contribution in [1.82, 2.24) is 0 Å². The second-order valence-corrected chi connectivity index (χ2v) is 6.15. The summed E-state index contributed by atoms with van der Waals surface area (Å²) in [5.41, 5.74) is 4.06. The van der Waals surface area contributed by atoms with Crippen molar-refractivity contribution < 1.29 is 4.79 Å². The van der Waals surface area contributed by atoms with Crippen LogP contribution in [-0.2, 0) is 5.41 Å². The van der Waals surface area contributed by atoms with Crippen LogP contribution in [0.4, 0.5) is 0 Å². The molecule has 0 heterocycles. The summed E-state index contributed by atoms with van der Waals surface area (Å²) in [6.45, 7) is 6.56. The third-order valence-corrected chi connectivity index (χ3v) is 3.36. The number of rotatable bonds is 2. The number of benzene rings is 2. The van der Waals surface area contributed by atoms with Crippen LogP contribution >= 0.6 is 11.6 Å². The average molecular weight is 273 g/mol. The lowest BCUT2D eigenvalue weighted by molar-refractivity contribution is 0.112. The predicted octanol–water partition coefficient (Wildman–Crippen LogP) is 5.12. The van der Waals surface area contributed by atoms with Gasteiger partial charge in [0, 0.05) is 10.6 Å². The molecule has 0 fully saturated rings. The smallest absolute Gasteiger partial charge is 0.150 e. The van der Waals surface area contributed by atoms with E-state index in [-0.39, 0.29) is 5.41 Å². The van der Waals surface area contributed by atoms with Crippen LogP contribution < -0.4 is 0 Å². The summed E-state index contributed by atoms with van der Waals surface area (Å²) in [5.74, 6) is 0. The Hall–Kier alpha value is -1.60. The van der Waals surface area contributed by atoms with Gasteiger partial charge in [0.2, 0.25) is 0 Å². The Morgan fingerprint density at radius 2 is 1.58 bits per heavy atom. The maximum atomic E-state index is 10.9. The zero-order chi connectivity index (χ0) is 14.0. The van der Waals surface area contributed by atoms with E-state index < -0.39 is 0 Å². The van der Waals surface area contributed by atoms with Crippen molar-refractivity contribution in [3.63, 3.8) is 0 Å². The summed E-state index contributed by atoms with van der Waals surface area (Å²) in [6.07, 6.45) is 0.818. The Balaban J connectivity index is 2.42. The van der Waals surface area contributed by atoms with Gasteiger partial charge in [-0.3, -0.25) is 4.79 Å². The second kappa shape index (κ2) is 5.18. The highest BCUT2D eigenvalue weighted by Crippen LogP contribution is 2.28. The van der Waals surface area contributed by atoms with Crippen LogP contribution in [0, 0.1) is 0 Å². The van der Waals surface area contributed by atoms with Gasteiger partial charge in [0.05, 0.1) is 0 Å². The minimum absolute atomic E-state index is 0.140. The third kappa shape index (κ3) is 3.24. The van der Waals surface area contributed by atoms with Crippen molar-refractivity contribution in [1.29, 1.82) is 0 Å². The molecule has 1 nitrogen and oxygen atoms in total. The molecule has 98 valence electrons. The molecule has 0 N–H and O–H groups in total. The maximum Gasteiger partial charge on any atom is 0.150 e. The summed E-state index contributed by atoms with van der Waals surface area (Å²) in [5, 5.41) is 0.583. The molecule has 0 saturated carbocycles. The summed E-state index contributed by atoms with van der Waals surface area (Å²) in [7, 11) is 0. The highest BCUT2D eigenvalue weighted by molar-refractivity contribution is 6.31. The fourth-order valence-electron chi connectivity index (χ4n) is 2.01. The number of hydrogen-bond acceptors (Lipinski definition) is 1. The molecule has 0 atom stereocenters. The van der Waals surface area contributed by atoms with Gasteiger partial charge in [-0.2, -0.15) is 0 Å². The number of aldehydes is 1. The lowest BCUT2D eigenvalue weighted by Gasteiger charge is -2.19. The lowest BCUT2D eigenvalue weighted by Crippen LogP contribution is -2.10. The molecular weight excluding hydrogens is 256 g/mol. The fraction of sp³-hybridized carbons (Fsp3) is 0.235. The SMILES string of the molecule is CC(C)(C)c1ccc(-c2cc(Cl)cc(C=O)c2)cc1. The van der Waals surface area contributed by atoms with Crippen LogP contribution in [0.5, 0.6) is 0 Å². The van der Waals surface area contributed by atoms with Crippen LogP contribution in [0.3, 0.4) is 0 Å². The minimum Gasteiger partial charge on any atom is -0.298 e. The summed E-state index contributed by atoms with van der Waals surface area (Å²) >= 11 is 6.02. The van der Waals surface area contributed by atoms with E-state index in [2.05, 4.69) is 45.0 Å². The van der Waals surface area contributed by atoms with Gasteiger partial charge in [0.1, 0.15) is 6.29 Å². The first-order chi connectivity index (χ1) is 8.90. The number of carbonyl (C=O) groups excluding carboxylic acids is 1. The first kappa shape index (κ1) is 13.8. The summed E-state index contributed by atoms with van der Waals surface area (Å²) in [6, 6.07) is 13.8. The predicted molar refractivity (Wildman–Crippen MR) is 81.0 cm³/mol. The molecule has 0 aromatic heterocycles. The Kier molecular flexibility index (Phi) is 3.77. The van der Waals surface area contributed by atoms with E-state index in [1.54, 1.807) is 6.07 Å². The van der Waals surface area contributed by atoms with Gasteiger partial charge >= 0.3 is 0 Å². The first-order valence-corrected chi connectivity index (χ1v) is 6.64. The van der Waals surface area contributed by atoms with Crippen molar-refractivity contribution >= 4 is 17.9 Å². The molecule has 0 bridgehead atoms. The van der Waals surface area contributed by atoms with Crippen molar-refractivity contribution in [2.75, 3.05) is 0 Å². The van der Waals surface area contributed by atoms with Crippen LogP contribution in [0.1, 0.15) is 36.7 Å². The van der Waals surface area contributed by atoms with Crippen LogP contribution in [0.15, 0.2) is 42.5 Å². The van der Waals surface area contributed by atoms with Crippen molar-refractivity contribution in [3.8, 4) is 11.1 Å². The molecular formula is C17H17ClO. The average Bonchev–Trinajstić information content (AvgIpc) is 2.37. The molecule has 2 rings (SSSR count). The minimum atomic E-state index is 0.140. The zero-order valence-corrected chi connectivity index (χ0v) is 12.2. The van der Waals surface area contributed by atoms with E-state index in [9.17, 15) is 4.79 Å². The van der Waals surface area contributed by atoms with Gasteiger partial charge in [-0.25, -0.2) is 0 Å². The van der Waals surface area contributed by atoms with E-state index in [0.29, 0.717) is 10.6 Å². The summed E-state index contributed by atoms with van der Waals surface area (Å²) in [4.78, 5) is 10.9. The molecule has 0 spiro atoms. The topological polar surface area (TPSA) is 17.1 Å². The van der Waals surface area contributed by atoms with Crippen LogP contribution in [-0.4, -0.2) is 6.29 Å². The molecule has 0 aliphatic rings. The Morgan fingerprint density at radius 3 is 2.11 bits per heavy atom. The Labute approximate surface area is 119 Å². The van der Waals surface area contributed by atoms with Gasteiger partial charge in [0.15, 0.2) is 0 Å². The third-order valence-electron chi connectivity index (χ3n) is 3.14. The standard InChI is InChI=1S/C17H17ClO/c1-17(2,3)15-6-4-13(5-7-15)14-8-12(11-19)9-16(18)10-14/h4-11H,1-3H3. The molecule has 0 aliphatic heterocycles. The number of hydrogen-bond donors (Lipinski definition) is 0.